The summed E-state index contributed by atoms with van der Waals surface area (Å²) in [6.07, 6.45) is 5.76. The van der Waals surface area contributed by atoms with Crippen LogP contribution in [0.2, 0.25) is 0 Å². The summed E-state index contributed by atoms with van der Waals surface area (Å²) in [5.41, 5.74) is 9.26. The number of methoxy groups -OCH3 is 1. The summed E-state index contributed by atoms with van der Waals surface area (Å²) in [6.45, 7) is 15.0. The Bertz CT molecular complexity index is 2330. The molecule has 338 valence electrons. The SMILES string of the molecule is COc1ccc2c(OC3CC(C(N)=O)N(C(=O)C(CCCCCC=C(C)C4CC4C(=O)NS(=O)(=O)C4(C)CC4)NC(=O)OC(C)(C)C)C3)cc(-c3nc(C(C)C)cs3)nc2c1C. The largest absolute Gasteiger partial charge is 0.496 e. The van der Waals surface area contributed by atoms with E-state index >= 15 is 0 Å². The van der Waals surface area contributed by atoms with Gasteiger partial charge in [-0.1, -0.05) is 38.3 Å². The number of benzene rings is 1. The molecule has 3 fully saturated rings. The van der Waals surface area contributed by atoms with Crippen LogP contribution < -0.4 is 25.2 Å². The fraction of sp³-hybridized carbons (Fsp3) is 0.600. The molecule has 2 aromatic heterocycles. The Kier molecular flexibility index (Phi) is 14.0. The third-order valence-electron chi connectivity index (χ3n) is 12.1. The molecule has 3 aliphatic rings. The second-order valence-electron chi connectivity index (χ2n) is 18.6. The van der Waals surface area contributed by atoms with E-state index in [1.54, 1.807) is 34.8 Å². The van der Waals surface area contributed by atoms with Crippen molar-refractivity contribution in [3.05, 3.63) is 46.5 Å². The Balaban J connectivity index is 1.12. The highest BCUT2D eigenvalue weighted by atomic mass is 32.2. The normalized spacial score (nSPS) is 21.4. The number of hydrogen-bond acceptors (Lipinski definition) is 12. The highest BCUT2D eigenvalue weighted by molar-refractivity contribution is 7.91. The van der Waals surface area contributed by atoms with Crippen LogP contribution in [0, 0.1) is 18.8 Å². The van der Waals surface area contributed by atoms with Gasteiger partial charge in [0, 0.05) is 34.7 Å². The van der Waals surface area contributed by atoms with Crippen LogP contribution >= 0.6 is 11.3 Å². The first-order valence-corrected chi connectivity index (χ1v) is 23.9. The fourth-order valence-electron chi connectivity index (χ4n) is 7.87. The summed E-state index contributed by atoms with van der Waals surface area (Å²) >= 11 is 1.49. The molecule has 1 aliphatic heterocycles. The summed E-state index contributed by atoms with van der Waals surface area (Å²) in [5.74, 6) is -0.462. The van der Waals surface area contributed by atoms with Crippen molar-refractivity contribution in [3.63, 3.8) is 0 Å². The number of fused-ring (bicyclic) bond motifs is 1. The molecule has 0 spiro atoms. The van der Waals surface area contributed by atoms with E-state index in [2.05, 4.69) is 30.0 Å². The summed E-state index contributed by atoms with van der Waals surface area (Å²) in [4.78, 5) is 64.3. The highest BCUT2D eigenvalue weighted by Crippen LogP contribution is 2.46. The zero-order chi connectivity index (χ0) is 45.3. The van der Waals surface area contributed by atoms with Crippen LogP contribution in [0.15, 0.2) is 35.2 Å². The zero-order valence-electron chi connectivity index (χ0n) is 37.3. The Morgan fingerprint density at radius 2 is 1.79 bits per heavy atom. The van der Waals surface area contributed by atoms with Crippen molar-refractivity contribution < 1.29 is 41.8 Å². The predicted octanol–water partition coefficient (Wildman–Crippen LogP) is 7.06. The number of unbranched alkanes of at least 4 members (excludes halogenated alkanes) is 3. The number of sulfonamides is 1. The van der Waals surface area contributed by atoms with Gasteiger partial charge in [-0.2, -0.15) is 0 Å². The maximum Gasteiger partial charge on any atom is 0.408 e. The lowest BCUT2D eigenvalue weighted by Gasteiger charge is -2.28. The van der Waals surface area contributed by atoms with E-state index in [1.807, 2.05) is 37.4 Å². The van der Waals surface area contributed by atoms with Crippen LogP contribution in [0.3, 0.4) is 0 Å². The van der Waals surface area contributed by atoms with E-state index in [-0.39, 0.29) is 37.1 Å². The molecule has 5 atom stereocenters. The lowest BCUT2D eigenvalue weighted by Crippen LogP contribution is -2.53. The van der Waals surface area contributed by atoms with E-state index < -0.39 is 62.4 Å². The molecule has 1 aromatic carbocycles. The topological polar surface area (TPSA) is 209 Å². The number of amides is 4. The summed E-state index contributed by atoms with van der Waals surface area (Å²) < 4.78 is 44.3. The third-order valence-corrected chi connectivity index (χ3v) is 15.1. The lowest BCUT2D eigenvalue weighted by molar-refractivity contribution is -0.139. The van der Waals surface area contributed by atoms with Crippen molar-refractivity contribution in [2.24, 2.45) is 17.6 Å². The van der Waals surface area contributed by atoms with Crippen LogP contribution in [0.5, 0.6) is 11.5 Å². The maximum absolute atomic E-state index is 14.4. The predicted molar refractivity (Wildman–Crippen MR) is 238 cm³/mol. The molecule has 17 heteroatoms. The molecule has 2 aliphatic carbocycles. The van der Waals surface area contributed by atoms with Crippen LogP contribution in [-0.4, -0.2) is 89.3 Å². The lowest BCUT2D eigenvalue weighted by atomic mass is 10.0. The number of nitrogens with two attached hydrogens (primary N) is 1. The van der Waals surface area contributed by atoms with Gasteiger partial charge in [-0.25, -0.2) is 23.2 Å². The van der Waals surface area contributed by atoms with Crippen molar-refractivity contribution in [2.75, 3.05) is 13.7 Å². The molecule has 0 bridgehead atoms. The van der Waals surface area contributed by atoms with Gasteiger partial charge in [0.05, 0.1) is 29.6 Å². The fourth-order valence-corrected chi connectivity index (χ4v) is 10.1. The maximum atomic E-state index is 14.4. The standard InChI is InChI=1S/C45H62N6O9S2/c1-25(2)34-24-61-41(48-34)33-22-37(29-16-17-36(58-9)27(4)38(29)47-33)59-28-20-35(39(46)52)51(23-28)42(54)32(49-43(55)60-44(5,6)7)15-13-11-10-12-14-26(3)30-21-31(30)40(53)50-62(56,57)45(8)18-19-45/h14,16-17,22,24-25,28,30-32,35H,10-13,15,18-21,23H2,1-9H3,(H2,46,52)(H,49,55)(H,50,53). The van der Waals surface area contributed by atoms with Crippen LogP contribution in [-0.2, 0) is 29.1 Å². The summed E-state index contributed by atoms with van der Waals surface area (Å²) in [5, 5.41) is 6.25. The monoisotopic (exact) mass is 894 g/mol. The minimum absolute atomic E-state index is 0.0200. The summed E-state index contributed by atoms with van der Waals surface area (Å²) in [7, 11) is -2.06. The Labute approximate surface area is 369 Å². The van der Waals surface area contributed by atoms with E-state index in [4.69, 9.17) is 29.9 Å². The number of likely N-dealkylation sites (tertiary alicyclic amines) is 1. The zero-order valence-corrected chi connectivity index (χ0v) is 39.0. The van der Waals surface area contributed by atoms with E-state index in [0.717, 1.165) is 46.5 Å². The molecule has 1 saturated heterocycles. The highest BCUT2D eigenvalue weighted by Gasteiger charge is 2.53. The van der Waals surface area contributed by atoms with Crippen LogP contribution in [0.4, 0.5) is 4.79 Å². The molecular weight excluding hydrogens is 833 g/mol. The van der Waals surface area contributed by atoms with Gasteiger partial charge in [0.25, 0.3) is 0 Å². The van der Waals surface area contributed by atoms with Crippen LogP contribution in [0.25, 0.3) is 21.6 Å². The number of carbonyl (C=O) groups is 4. The number of hydrogen-bond donors (Lipinski definition) is 3. The van der Waals surface area contributed by atoms with Crippen molar-refractivity contribution in [1.29, 1.82) is 0 Å². The first-order valence-electron chi connectivity index (χ1n) is 21.5. The molecule has 3 aromatic rings. The minimum Gasteiger partial charge on any atom is -0.496 e. The first kappa shape index (κ1) is 46.7. The quantitative estimate of drug-likeness (QED) is 0.0870. The average Bonchev–Trinajstić information content (AvgIpc) is 4.05. The van der Waals surface area contributed by atoms with Gasteiger partial charge < -0.3 is 30.2 Å². The second kappa shape index (κ2) is 18.5. The molecule has 2 saturated carbocycles. The van der Waals surface area contributed by atoms with E-state index in [9.17, 15) is 27.6 Å². The van der Waals surface area contributed by atoms with Gasteiger partial charge in [-0.05, 0) is 104 Å². The molecule has 5 unspecified atom stereocenters. The minimum atomic E-state index is -3.67. The molecule has 0 radical (unpaired) electrons. The van der Waals surface area contributed by atoms with Gasteiger partial charge >= 0.3 is 6.09 Å². The van der Waals surface area contributed by atoms with Crippen molar-refractivity contribution in [1.82, 2.24) is 24.9 Å². The number of pyridine rings is 1. The van der Waals surface area contributed by atoms with Gasteiger partial charge in [-0.15, -0.1) is 11.3 Å². The number of aromatic nitrogens is 2. The van der Waals surface area contributed by atoms with E-state index in [1.165, 1.54) is 16.2 Å². The number of thiazole rings is 1. The Morgan fingerprint density at radius 1 is 1.06 bits per heavy atom. The van der Waals surface area contributed by atoms with Crippen molar-refractivity contribution in [2.45, 2.75) is 148 Å². The summed E-state index contributed by atoms with van der Waals surface area (Å²) in [6, 6.07) is 3.60. The van der Waals surface area contributed by atoms with Gasteiger partial charge in [0.15, 0.2) is 0 Å². The number of rotatable bonds is 18. The molecule has 4 amide bonds. The number of aryl methyl sites for hydroxylation is 1. The van der Waals surface area contributed by atoms with Gasteiger partial charge in [0.1, 0.15) is 46.0 Å². The van der Waals surface area contributed by atoms with Crippen molar-refractivity contribution in [3.8, 4) is 22.2 Å². The number of primary amides is 1. The number of nitrogens with zero attached hydrogens (tertiary/aromatic N) is 3. The number of ether oxygens (including phenoxy) is 3. The number of alkyl carbamates (subject to hydrolysis) is 1. The second-order valence-corrected chi connectivity index (χ2v) is 21.6. The molecule has 62 heavy (non-hydrogen) atoms. The molecule has 6 rings (SSSR count). The van der Waals surface area contributed by atoms with Crippen molar-refractivity contribution >= 4 is 56.1 Å². The molecule has 15 nitrogen and oxygen atoms in total. The number of allylic oxidation sites excluding steroid dienone is 2. The number of nitrogens with one attached hydrogen (secondary N) is 2. The average molecular weight is 895 g/mol. The Hall–Kier alpha value is -4.77. The Morgan fingerprint density at radius 3 is 2.42 bits per heavy atom. The molecule has 4 N–H and O–H groups in total. The first-order chi connectivity index (χ1) is 29.1. The van der Waals surface area contributed by atoms with Gasteiger partial charge in [0.2, 0.25) is 27.7 Å². The smallest absolute Gasteiger partial charge is 0.408 e. The molecule has 3 heterocycles. The van der Waals surface area contributed by atoms with E-state index in [0.29, 0.717) is 48.4 Å². The molecular formula is C45H62N6O9S2. The van der Waals surface area contributed by atoms with Gasteiger partial charge in [-0.3, -0.25) is 19.1 Å². The third kappa shape index (κ3) is 10.9. The van der Waals surface area contributed by atoms with Crippen LogP contribution in [0.1, 0.15) is 123 Å². The number of carbonyl (C=O) groups excluding carboxylic acids is 4.